The van der Waals surface area contributed by atoms with Gasteiger partial charge in [-0.3, -0.25) is 4.40 Å². The second-order valence-corrected chi connectivity index (χ2v) is 6.84. The molecular formula is C21H25N3O2. The number of hydrogen-bond donors (Lipinski definition) is 1. The minimum Gasteiger partial charge on any atom is -0.493 e. The first-order valence-electron chi connectivity index (χ1n) is 9.19. The molecule has 0 spiro atoms. The molecule has 4 rings (SSSR count). The summed E-state index contributed by atoms with van der Waals surface area (Å²) in [4.78, 5) is 4.93. The maximum absolute atomic E-state index is 5.67. The highest BCUT2D eigenvalue weighted by atomic mass is 16.5. The van der Waals surface area contributed by atoms with E-state index in [2.05, 4.69) is 22.7 Å². The summed E-state index contributed by atoms with van der Waals surface area (Å²) in [7, 11) is 3.33. The fourth-order valence-electron chi connectivity index (χ4n) is 3.91. The van der Waals surface area contributed by atoms with E-state index >= 15 is 0 Å². The molecule has 3 aromatic rings. The van der Waals surface area contributed by atoms with Crippen LogP contribution in [0.2, 0.25) is 0 Å². The van der Waals surface area contributed by atoms with Crippen molar-refractivity contribution >= 4 is 11.5 Å². The van der Waals surface area contributed by atoms with Crippen LogP contribution in [0.25, 0.3) is 16.9 Å². The van der Waals surface area contributed by atoms with Crippen LogP contribution in [-0.2, 0) is 0 Å². The van der Waals surface area contributed by atoms with Gasteiger partial charge in [-0.05, 0) is 44.0 Å². The lowest BCUT2D eigenvalue weighted by molar-refractivity contribution is 0.356. The lowest BCUT2D eigenvalue weighted by Gasteiger charge is -2.17. The average Bonchev–Trinajstić information content (AvgIpc) is 3.30. The number of fused-ring (bicyclic) bond motifs is 1. The number of imidazole rings is 1. The Morgan fingerprint density at radius 2 is 1.81 bits per heavy atom. The number of benzene rings is 1. The van der Waals surface area contributed by atoms with E-state index in [9.17, 15) is 0 Å². The lowest BCUT2D eigenvalue weighted by Crippen LogP contribution is -2.17. The second-order valence-electron chi connectivity index (χ2n) is 6.84. The predicted molar refractivity (Wildman–Crippen MR) is 104 cm³/mol. The minimum atomic E-state index is 0.491. The highest BCUT2D eigenvalue weighted by molar-refractivity contribution is 5.82. The van der Waals surface area contributed by atoms with E-state index in [4.69, 9.17) is 14.5 Å². The summed E-state index contributed by atoms with van der Waals surface area (Å²) in [6.45, 7) is 2.11. The van der Waals surface area contributed by atoms with E-state index < -0.39 is 0 Å². The van der Waals surface area contributed by atoms with Gasteiger partial charge in [-0.15, -0.1) is 0 Å². The number of pyridine rings is 1. The standard InChI is InChI=1S/C21H25N3O2/c1-14-8-6-13-18-23-19(16-11-7-12-17(25-2)20(16)26-3)21(24(14)18)22-15-9-4-5-10-15/h6-8,11-13,15,22H,4-5,9-10H2,1-3H3. The summed E-state index contributed by atoms with van der Waals surface area (Å²) in [5, 5.41) is 3.76. The number of aromatic nitrogens is 2. The Balaban J connectivity index is 1.93. The van der Waals surface area contributed by atoms with Crippen LogP contribution in [0.15, 0.2) is 36.4 Å². The van der Waals surface area contributed by atoms with Gasteiger partial charge in [0.05, 0.1) is 14.2 Å². The maximum atomic E-state index is 5.67. The number of nitrogens with zero attached hydrogens (tertiary/aromatic N) is 2. The molecule has 1 aromatic carbocycles. The molecule has 136 valence electrons. The summed E-state index contributed by atoms with van der Waals surface area (Å²) in [6, 6.07) is 12.6. The minimum absolute atomic E-state index is 0.491. The topological polar surface area (TPSA) is 47.8 Å². The van der Waals surface area contributed by atoms with Crippen molar-refractivity contribution in [1.82, 2.24) is 9.38 Å². The molecule has 2 aromatic heterocycles. The van der Waals surface area contributed by atoms with Gasteiger partial charge in [-0.25, -0.2) is 4.98 Å². The van der Waals surface area contributed by atoms with E-state index in [0.29, 0.717) is 17.5 Å². The Hall–Kier alpha value is -2.69. The van der Waals surface area contributed by atoms with Crippen LogP contribution in [0.5, 0.6) is 11.5 Å². The molecule has 0 radical (unpaired) electrons. The Morgan fingerprint density at radius 1 is 1.04 bits per heavy atom. The number of hydrogen-bond acceptors (Lipinski definition) is 4. The van der Waals surface area contributed by atoms with Gasteiger partial charge in [0.2, 0.25) is 0 Å². The molecule has 5 nitrogen and oxygen atoms in total. The van der Waals surface area contributed by atoms with Gasteiger partial charge in [-0.1, -0.05) is 25.0 Å². The van der Waals surface area contributed by atoms with E-state index in [0.717, 1.165) is 28.4 Å². The fourth-order valence-corrected chi connectivity index (χ4v) is 3.91. The van der Waals surface area contributed by atoms with Crippen molar-refractivity contribution in [2.45, 2.75) is 38.6 Å². The van der Waals surface area contributed by atoms with Crippen molar-refractivity contribution in [1.29, 1.82) is 0 Å². The van der Waals surface area contributed by atoms with Crippen molar-refractivity contribution in [3.63, 3.8) is 0 Å². The third kappa shape index (κ3) is 2.77. The molecule has 1 aliphatic carbocycles. The largest absolute Gasteiger partial charge is 0.493 e. The van der Waals surface area contributed by atoms with E-state index in [-0.39, 0.29) is 0 Å². The SMILES string of the molecule is COc1cccc(-c2nc3cccc(C)n3c2NC2CCCC2)c1OC. The molecule has 1 aliphatic rings. The van der Waals surface area contributed by atoms with E-state index in [1.54, 1.807) is 14.2 Å². The first-order valence-corrected chi connectivity index (χ1v) is 9.19. The molecule has 2 heterocycles. The molecule has 0 bridgehead atoms. The summed E-state index contributed by atoms with van der Waals surface area (Å²) < 4.78 is 13.4. The Bertz CT molecular complexity index is 926. The zero-order valence-electron chi connectivity index (χ0n) is 15.6. The highest BCUT2D eigenvalue weighted by Gasteiger charge is 2.23. The van der Waals surface area contributed by atoms with Gasteiger partial charge >= 0.3 is 0 Å². The van der Waals surface area contributed by atoms with Crippen LogP contribution in [0, 0.1) is 6.92 Å². The fraction of sp³-hybridized carbons (Fsp3) is 0.381. The van der Waals surface area contributed by atoms with Crippen molar-refractivity contribution in [3.8, 4) is 22.8 Å². The maximum Gasteiger partial charge on any atom is 0.170 e. The molecule has 5 heteroatoms. The number of rotatable bonds is 5. The Kier molecular flexibility index (Phi) is 4.45. The van der Waals surface area contributed by atoms with Gasteiger partial charge in [0.25, 0.3) is 0 Å². The zero-order valence-corrected chi connectivity index (χ0v) is 15.6. The first kappa shape index (κ1) is 16.8. The van der Waals surface area contributed by atoms with Crippen molar-refractivity contribution < 1.29 is 9.47 Å². The van der Waals surface area contributed by atoms with Gasteiger partial charge in [0.1, 0.15) is 17.2 Å². The third-order valence-electron chi connectivity index (χ3n) is 5.19. The lowest BCUT2D eigenvalue weighted by atomic mass is 10.1. The molecular weight excluding hydrogens is 326 g/mol. The van der Waals surface area contributed by atoms with Crippen LogP contribution < -0.4 is 14.8 Å². The Morgan fingerprint density at radius 3 is 2.54 bits per heavy atom. The second kappa shape index (κ2) is 6.90. The van der Waals surface area contributed by atoms with Crippen LogP contribution in [0.4, 0.5) is 5.82 Å². The zero-order chi connectivity index (χ0) is 18.1. The number of methoxy groups -OCH3 is 2. The van der Waals surface area contributed by atoms with Gasteiger partial charge in [-0.2, -0.15) is 0 Å². The molecule has 0 unspecified atom stereocenters. The van der Waals surface area contributed by atoms with Crippen LogP contribution >= 0.6 is 0 Å². The van der Waals surface area contributed by atoms with Gasteiger partial charge in [0.15, 0.2) is 11.5 Å². The normalized spacial score (nSPS) is 14.7. The predicted octanol–water partition coefficient (Wildman–Crippen LogP) is 4.68. The molecule has 0 saturated heterocycles. The molecule has 0 amide bonds. The molecule has 0 aliphatic heterocycles. The molecule has 1 fully saturated rings. The van der Waals surface area contributed by atoms with Crippen molar-refractivity contribution in [2.75, 3.05) is 19.5 Å². The van der Waals surface area contributed by atoms with Crippen molar-refractivity contribution in [3.05, 3.63) is 42.1 Å². The molecule has 1 saturated carbocycles. The van der Waals surface area contributed by atoms with Gasteiger partial charge in [0, 0.05) is 17.3 Å². The first-order chi connectivity index (χ1) is 12.7. The molecule has 26 heavy (non-hydrogen) atoms. The number of anilines is 1. The number of aryl methyl sites for hydroxylation is 1. The summed E-state index contributed by atoms with van der Waals surface area (Å²) >= 11 is 0. The van der Waals surface area contributed by atoms with Crippen molar-refractivity contribution in [2.24, 2.45) is 0 Å². The average molecular weight is 351 g/mol. The van der Waals surface area contributed by atoms with Gasteiger partial charge < -0.3 is 14.8 Å². The number of nitrogens with one attached hydrogen (secondary N) is 1. The molecule has 1 N–H and O–H groups in total. The van der Waals surface area contributed by atoms with Crippen LogP contribution in [-0.4, -0.2) is 29.6 Å². The van der Waals surface area contributed by atoms with E-state index in [1.165, 1.54) is 25.7 Å². The molecule has 0 atom stereocenters. The monoisotopic (exact) mass is 351 g/mol. The van der Waals surface area contributed by atoms with E-state index in [1.807, 2.05) is 30.3 Å². The Labute approximate surface area is 154 Å². The number of para-hydroxylation sites is 1. The third-order valence-corrected chi connectivity index (χ3v) is 5.19. The number of ether oxygens (including phenoxy) is 2. The van der Waals surface area contributed by atoms with Crippen LogP contribution in [0.3, 0.4) is 0 Å². The quantitative estimate of drug-likeness (QED) is 0.725. The van der Waals surface area contributed by atoms with Crippen LogP contribution in [0.1, 0.15) is 31.4 Å². The summed E-state index contributed by atoms with van der Waals surface area (Å²) in [5.41, 5.74) is 3.94. The summed E-state index contributed by atoms with van der Waals surface area (Å²) in [5.74, 6) is 2.47. The smallest absolute Gasteiger partial charge is 0.170 e. The summed E-state index contributed by atoms with van der Waals surface area (Å²) in [6.07, 6.45) is 4.97. The highest BCUT2D eigenvalue weighted by Crippen LogP contribution is 2.41.